The molecule has 1 atom stereocenters. The van der Waals surface area contributed by atoms with Crippen molar-refractivity contribution in [3.8, 4) is 5.75 Å². The standard InChI is InChI=1S/C20H24N4O3/c1-16(25)20(19(26)21-2,27-18-6-4-3-5-7-18)24-14-12-23(13-15-24)17-8-10-22-11-9-17/h3-11H,12-15H2,1-2H3,(H,21,26). The maximum Gasteiger partial charge on any atom is 0.301 e. The molecular weight excluding hydrogens is 344 g/mol. The van der Waals surface area contributed by atoms with E-state index in [4.69, 9.17) is 4.74 Å². The Balaban J connectivity index is 1.85. The summed E-state index contributed by atoms with van der Waals surface area (Å²) in [6.45, 7) is 3.78. The van der Waals surface area contributed by atoms with E-state index in [0.29, 0.717) is 31.9 Å². The molecule has 1 aromatic carbocycles. The Morgan fingerprint density at radius 2 is 1.67 bits per heavy atom. The van der Waals surface area contributed by atoms with E-state index >= 15 is 0 Å². The number of ether oxygens (including phenoxy) is 1. The summed E-state index contributed by atoms with van der Waals surface area (Å²) in [6.07, 6.45) is 3.51. The number of Topliss-reactive ketones (excluding diaryl/α,β-unsaturated/α-hetero) is 1. The number of hydrogen-bond donors (Lipinski definition) is 1. The van der Waals surface area contributed by atoms with Gasteiger partial charge in [0.25, 0.3) is 5.91 Å². The zero-order valence-electron chi connectivity index (χ0n) is 15.6. The van der Waals surface area contributed by atoms with E-state index in [-0.39, 0.29) is 5.78 Å². The SMILES string of the molecule is CNC(=O)C(Oc1ccccc1)(C(C)=O)N1CCN(c2ccncc2)CC1. The second-order valence-corrected chi connectivity index (χ2v) is 6.37. The number of para-hydroxylation sites is 1. The van der Waals surface area contributed by atoms with Crippen LogP contribution in [-0.2, 0) is 9.59 Å². The molecular formula is C20H24N4O3. The van der Waals surface area contributed by atoms with Crippen molar-refractivity contribution in [3.63, 3.8) is 0 Å². The quantitative estimate of drug-likeness (QED) is 0.775. The van der Waals surface area contributed by atoms with Crippen molar-refractivity contribution in [2.24, 2.45) is 0 Å². The molecule has 2 heterocycles. The van der Waals surface area contributed by atoms with Crippen molar-refractivity contribution in [2.45, 2.75) is 12.6 Å². The lowest BCUT2D eigenvalue weighted by Crippen LogP contribution is -2.69. The predicted molar refractivity (Wildman–Crippen MR) is 103 cm³/mol. The average Bonchev–Trinajstić information content (AvgIpc) is 2.73. The van der Waals surface area contributed by atoms with Crippen molar-refractivity contribution < 1.29 is 14.3 Å². The molecule has 1 aliphatic heterocycles. The van der Waals surface area contributed by atoms with Crippen molar-refractivity contribution >= 4 is 17.4 Å². The number of nitrogens with zero attached hydrogens (tertiary/aromatic N) is 3. The highest BCUT2D eigenvalue weighted by Gasteiger charge is 2.51. The summed E-state index contributed by atoms with van der Waals surface area (Å²) < 4.78 is 6.03. The van der Waals surface area contributed by atoms with Gasteiger partial charge in [0.2, 0.25) is 0 Å². The van der Waals surface area contributed by atoms with Crippen LogP contribution in [0.2, 0.25) is 0 Å². The summed E-state index contributed by atoms with van der Waals surface area (Å²) in [5.41, 5.74) is -0.609. The lowest BCUT2D eigenvalue weighted by molar-refractivity contribution is -0.167. The van der Waals surface area contributed by atoms with Gasteiger partial charge in [-0.1, -0.05) is 18.2 Å². The normalized spacial score (nSPS) is 17.0. The van der Waals surface area contributed by atoms with Crippen LogP contribution in [0.5, 0.6) is 5.75 Å². The number of carbonyl (C=O) groups excluding carboxylic acids is 2. The highest BCUT2D eigenvalue weighted by molar-refractivity contribution is 6.08. The van der Waals surface area contributed by atoms with Crippen LogP contribution < -0.4 is 15.0 Å². The summed E-state index contributed by atoms with van der Waals surface area (Å²) in [6, 6.07) is 12.9. The van der Waals surface area contributed by atoms with Crippen molar-refractivity contribution in [1.82, 2.24) is 15.2 Å². The van der Waals surface area contributed by atoms with Gasteiger partial charge in [0.1, 0.15) is 5.75 Å². The van der Waals surface area contributed by atoms with Crippen molar-refractivity contribution in [1.29, 1.82) is 0 Å². The van der Waals surface area contributed by atoms with E-state index in [0.717, 1.165) is 5.69 Å². The highest BCUT2D eigenvalue weighted by atomic mass is 16.5. The van der Waals surface area contributed by atoms with Crippen LogP contribution in [0.4, 0.5) is 5.69 Å². The van der Waals surface area contributed by atoms with Crippen LogP contribution in [0.3, 0.4) is 0 Å². The molecule has 3 rings (SSSR count). The van der Waals surface area contributed by atoms with E-state index in [1.54, 1.807) is 24.5 Å². The zero-order chi connectivity index (χ0) is 19.3. The first kappa shape index (κ1) is 18.8. The number of rotatable bonds is 6. The Kier molecular flexibility index (Phi) is 5.71. The van der Waals surface area contributed by atoms with Crippen LogP contribution in [0.25, 0.3) is 0 Å². The Morgan fingerprint density at radius 3 is 2.22 bits per heavy atom. The molecule has 1 saturated heterocycles. The molecule has 0 spiro atoms. The molecule has 1 unspecified atom stereocenters. The summed E-state index contributed by atoms with van der Waals surface area (Å²) in [5.74, 6) is -0.327. The predicted octanol–water partition coefficient (Wildman–Crippen LogP) is 1.31. The van der Waals surface area contributed by atoms with Gasteiger partial charge in [0.15, 0.2) is 5.78 Å². The first-order valence-electron chi connectivity index (χ1n) is 8.95. The molecule has 7 heteroatoms. The number of aromatic nitrogens is 1. The molecule has 1 aliphatic rings. The van der Waals surface area contributed by atoms with E-state index in [1.165, 1.54) is 14.0 Å². The van der Waals surface area contributed by atoms with Crippen LogP contribution in [0.1, 0.15) is 6.92 Å². The van der Waals surface area contributed by atoms with Crippen molar-refractivity contribution in [2.75, 3.05) is 38.1 Å². The number of anilines is 1. The molecule has 1 N–H and O–H groups in total. The van der Waals surface area contributed by atoms with Crippen LogP contribution in [-0.4, -0.2) is 60.5 Å². The number of carbonyl (C=O) groups is 2. The van der Waals surface area contributed by atoms with Gasteiger partial charge in [0, 0.05) is 58.2 Å². The smallest absolute Gasteiger partial charge is 0.301 e. The molecule has 0 bridgehead atoms. The second kappa shape index (κ2) is 8.18. The molecule has 1 fully saturated rings. The van der Waals surface area contributed by atoms with Gasteiger partial charge >= 0.3 is 5.72 Å². The molecule has 1 aromatic heterocycles. The van der Waals surface area contributed by atoms with E-state index in [2.05, 4.69) is 15.2 Å². The van der Waals surface area contributed by atoms with Crippen LogP contribution in [0, 0.1) is 0 Å². The Morgan fingerprint density at radius 1 is 1.04 bits per heavy atom. The molecule has 0 saturated carbocycles. The first-order valence-corrected chi connectivity index (χ1v) is 8.95. The number of pyridine rings is 1. The van der Waals surface area contributed by atoms with Gasteiger partial charge in [-0.3, -0.25) is 14.6 Å². The van der Waals surface area contributed by atoms with Crippen molar-refractivity contribution in [3.05, 3.63) is 54.9 Å². The lowest BCUT2D eigenvalue weighted by atomic mass is 10.0. The summed E-state index contributed by atoms with van der Waals surface area (Å²) in [5, 5.41) is 2.60. The molecule has 1 amide bonds. The van der Waals surface area contributed by atoms with Gasteiger partial charge in [-0.05, 0) is 24.3 Å². The maximum absolute atomic E-state index is 12.8. The van der Waals surface area contributed by atoms with E-state index in [1.807, 2.05) is 35.2 Å². The third-order valence-electron chi connectivity index (χ3n) is 4.77. The first-order chi connectivity index (χ1) is 13.1. The minimum Gasteiger partial charge on any atom is -0.456 e. The van der Waals surface area contributed by atoms with Gasteiger partial charge in [-0.2, -0.15) is 0 Å². The number of likely N-dealkylation sites (N-methyl/N-ethyl adjacent to an activating group) is 1. The number of ketones is 1. The second-order valence-electron chi connectivity index (χ2n) is 6.37. The summed E-state index contributed by atoms with van der Waals surface area (Å²) in [7, 11) is 1.52. The lowest BCUT2D eigenvalue weighted by Gasteiger charge is -2.44. The topological polar surface area (TPSA) is 74.8 Å². The van der Waals surface area contributed by atoms with Crippen LogP contribution in [0.15, 0.2) is 54.9 Å². The number of benzene rings is 1. The molecule has 0 radical (unpaired) electrons. The maximum atomic E-state index is 12.8. The van der Waals surface area contributed by atoms with E-state index < -0.39 is 11.6 Å². The number of piperazine rings is 1. The fourth-order valence-corrected chi connectivity index (χ4v) is 3.37. The largest absolute Gasteiger partial charge is 0.456 e. The molecule has 7 nitrogen and oxygen atoms in total. The number of nitrogens with one attached hydrogen (secondary N) is 1. The average molecular weight is 368 g/mol. The minimum absolute atomic E-state index is 0.344. The molecule has 0 aliphatic carbocycles. The van der Waals surface area contributed by atoms with E-state index in [9.17, 15) is 9.59 Å². The summed E-state index contributed by atoms with van der Waals surface area (Å²) >= 11 is 0. The van der Waals surface area contributed by atoms with Gasteiger partial charge in [-0.15, -0.1) is 0 Å². The molecule has 142 valence electrons. The monoisotopic (exact) mass is 368 g/mol. The highest BCUT2D eigenvalue weighted by Crippen LogP contribution is 2.26. The number of hydrogen-bond acceptors (Lipinski definition) is 6. The third kappa shape index (κ3) is 3.78. The number of amides is 1. The van der Waals surface area contributed by atoms with Gasteiger partial charge < -0.3 is 15.0 Å². The molecule has 27 heavy (non-hydrogen) atoms. The molecule has 2 aromatic rings. The Labute approximate surface area is 158 Å². The zero-order valence-corrected chi connectivity index (χ0v) is 15.6. The van der Waals surface area contributed by atoms with Gasteiger partial charge in [0.05, 0.1) is 0 Å². The fourth-order valence-electron chi connectivity index (χ4n) is 3.37. The van der Waals surface area contributed by atoms with Gasteiger partial charge in [-0.25, -0.2) is 4.90 Å². The summed E-state index contributed by atoms with van der Waals surface area (Å²) in [4.78, 5) is 33.5. The van der Waals surface area contributed by atoms with Crippen LogP contribution >= 0.6 is 0 Å². The minimum atomic E-state index is -1.68. The fraction of sp³-hybridized carbons (Fsp3) is 0.350. The third-order valence-corrected chi connectivity index (χ3v) is 4.77. The Bertz CT molecular complexity index is 776. The Hall–Kier alpha value is -2.93.